The van der Waals surface area contributed by atoms with Gasteiger partial charge >= 0.3 is 0 Å². The smallest absolute Gasteiger partial charge is 0.125 e. The van der Waals surface area contributed by atoms with Crippen molar-refractivity contribution in [1.29, 1.82) is 0 Å². The normalized spacial score (nSPS) is 31.8. The number of hydrogen-bond donors (Lipinski definition) is 0. The lowest BCUT2D eigenvalue weighted by molar-refractivity contribution is -0.124. The van der Waals surface area contributed by atoms with Crippen molar-refractivity contribution in [3.63, 3.8) is 0 Å². The van der Waals surface area contributed by atoms with Gasteiger partial charge in [0, 0.05) is 10.8 Å². The fourth-order valence-electron chi connectivity index (χ4n) is 1.47. The lowest BCUT2D eigenvalue weighted by atomic mass is 9.88. The van der Waals surface area contributed by atoms with Gasteiger partial charge in [-0.15, -0.1) is 0 Å². The Bertz CT molecular complexity index is 246. The molecule has 2 atom stereocenters. The van der Waals surface area contributed by atoms with Crippen LogP contribution in [0.4, 0.5) is 0 Å². The third-order valence-corrected chi connectivity index (χ3v) is 2.24. The Morgan fingerprint density at radius 2 is 2.38 bits per heavy atom. The Labute approximate surface area is 76.7 Å². The molecule has 1 aliphatic heterocycles. The predicted octanol–water partition coefficient (Wildman–Crippen LogP) is 1.68. The molecule has 0 aliphatic carbocycles. The highest BCUT2D eigenvalue weighted by molar-refractivity contribution is 5.55. The summed E-state index contributed by atoms with van der Waals surface area (Å²) in [4.78, 5) is 13.3. The molecule has 1 heterocycles. The predicted molar refractivity (Wildman–Crippen MR) is 47.1 cm³/mol. The van der Waals surface area contributed by atoms with E-state index in [0.29, 0.717) is 13.0 Å². The zero-order valence-electron chi connectivity index (χ0n) is 7.80. The van der Waals surface area contributed by atoms with Gasteiger partial charge in [-0.05, 0) is 25.8 Å². The van der Waals surface area contributed by atoms with Gasteiger partial charge in [-0.1, -0.05) is 5.11 Å². The van der Waals surface area contributed by atoms with Crippen LogP contribution in [-0.2, 0) is 9.53 Å². The molecule has 13 heavy (non-hydrogen) atoms. The highest BCUT2D eigenvalue weighted by Crippen LogP contribution is 2.28. The van der Waals surface area contributed by atoms with Gasteiger partial charge in [-0.2, -0.15) is 0 Å². The minimum atomic E-state index is -0.293. The lowest BCUT2D eigenvalue weighted by Crippen LogP contribution is -2.42. The molecular formula is C8H13N3O2. The first kappa shape index (κ1) is 10.0. The van der Waals surface area contributed by atoms with Crippen LogP contribution in [0.25, 0.3) is 10.4 Å². The molecule has 5 heteroatoms. The number of azide groups is 1. The summed E-state index contributed by atoms with van der Waals surface area (Å²) < 4.78 is 5.43. The Morgan fingerprint density at radius 3 is 2.92 bits per heavy atom. The summed E-state index contributed by atoms with van der Waals surface area (Å²) in [6.45, 7) is 4.20. The topological polar surface area (TPSA) is 75.1 Å². The second-order valence-corrected chi connectivity index (χ2v) is 3.85. The molecule has 0 bridgehead atoms. The van der Waals surface area contributed by atoms with E-state index >= 15 is 0 Å². The summed E-state index contributed by atoms with van der Waals surface area (Å²) >= 11 is 0. The van der Waals surface area contributed by atoms with Gasteiger partial charge in [0.2, 0.25) is 0 Å². The largest absolute Gasteiger partial charge is 0.375 e. The molecule has 0 spiro atoms. The fraction of sp³-hybridized carbons (Fsp3) is 0.875. The van der Waals surface area contributed by atoms with E-state index < -0.39 is 0 Å². The second-order valence-electron chi connectivity index (χ2n) is 3.85. The van der Waals surface area contributed by atoms with E-state index in [1.54, 1.807) is 0 Å². The maximum absolute atomic E-state index is 10.6. The maximum atomic E-state index is 10.6. The molecule has 5 nitrogen and oxygen atoms in total. The highest BCUT2D eigenvalue weighted by atomic mass is 16.5. The standard InChI is InChI=1S/C8H13N3O2/c1-8(2)3-7(10-11-9)6(4-12)5-13-8/h4,6-7H,3,5H2,1-2H3/t6-,7+/m0/s1. The van der Waals surface area contributed by atoms with Crippen molar-refractivity contribution < 1.29 is 9.53 Å². The molecule has 0 aromatic heterocycles. The van der Waals surface area contributed by atoms with Gasteiger partial charge in [0.1, 0.15) is 6.29 Å². The van der Waals surface area contributed by atoms with Crippen molar-refractivity contribution in [2.45, 2.75) is 31.9 Å². The lowest BCUT2D eigenvalue weighted by Gasteiger charge is -2.36. The van der Waals surface area contributed by atoms with Crippen LogP contribution in [0.5, 0.6) is 0 Å². The van der Waals surface area contributed by atoms with E-state index in [1.807, 2.05) is 13.8 Å². The van der Waals surface area contributed by atoms with E-state index in [0.717, 1.165) is 6.29 Å². The first-order valence-corrected chi connectivity index (χ1v) is 4.22. The number of ether oxygens (including phenoxy) is 1. The highest BCUT2D eigenvalue weighted by Gasteiger charge is 2.34. The molecular weight excluding hydrogens is 170 g/mol. The van der Waals surface area contributed by atoms with Gasteiger partial charge in [0.25, 0.3) is 0 Å². The minimum absolute atomic E-state index is 0.258. The summed E-state index contributed by atoms with van der Waals surface area (Å²) in [5.74, 6) is -0.288. The molecule has 1 rings (SSSR count). The van der Waals surface area contributed by atoms with Crippen LogP contribution in [0.15, 0.2) is 5.11 Å². The van der Waals surface area contributed by atoms with Gasteiger partial charge in [-0.25, -0.2) is 0 Å². The van der Waals surface area contributed by atoms with Crippen LogP contribution < -0.4 is 0 Å². The molecule has 0 saturated carbocycles. The molecule has 72 valence electrons. The molecule has 0 N–H and O–H groups in total. The Kier molecular flexibility index (Phi) is 2.90. The molecule has 0 radical (unpaired) electrons. The van der Waals surface area contributed by atoms with Crippen LogP contribution >= 0.6 is 0 Å². The molecule has 0 amide bonds. The average molecular weight is 183 g/mol. The summed E-state index contributed by atoms with van der Waals surface area (Å²) in [6, 6.07) is -0.258. The molecule has 0 unspecified atom stereocenters. The van der Waals surface area contributed by atoms with Gasteiger partial charge in [0.15, 0.2) is 0 Å². The van der Waals surface area contributed by atoms with Crippen LogP contribution in [0.2, 0.25) is 0 Å². The number of nitrogens with zero attached hydrogens (tertiary/aromatic N) is 3. The summed E-state index contributed by atoms with van der Waals surface area (Å²) in [5.41, 5.74) is 8.01. The molecule has 1 aliphatic rings. The number of aldehydes is 1. The van der Waals surface area contributed by atoms with E-state index in [-0.39, 0.29) is 17.6 Å². The SMILES string of the molecule is CC1(C)C[C@@H](N=[N+]=[N-])[C@@H](C=O)CO1. The number of carbonyl (C=O) groups excluding carboxylic acids is 1. The van der Waals surface area contributed by atoms with Gasteiger partial charge < -0.3 is 9.53 Å². The van der Waals surface area contributed by atoms with Crippen molar-refractivity contribution in [3.8, 4) is 0 Å². The number of carbonyl (C=O) groups is 1. The molecule has 1 saturated heterocycles. The minimum Gasteiger partial charge on any atom is -0.375 e. The fourth-order valence-corrected chi connectivity index (χ4v) is 1.47. The quantitative estimate of drug-likeness (QED) is 0.282. The van der Waals surface area contributed by atoms with Crippen LogP contribution in [0.3, 0.4) is 0 Å². The van der Waals surface area contributed by atoms with E-state index in [9.17, 15) is 4.79 Å². The Morgan fingerprint density at radius 1 is 1.69 bits per heavy atom. The first-order valence-electron chi connectivity index (χ1n) is 4.22. The molecule has 1 fully saturated rings. The molecule has 0 aromatic rings. The van der Waals surface area contributed by atoms with Crippen LogP contribution in [-0.4, -0.2) is 24.5 Å². The van der Waals surface area contributed by atoms with Crippen LogP contribution in [0.1, 0.15) is 20.3 Å². The van der Waals surface area contributed by atoms with E-state index in [1.165, 1.54) is 0 Å². The van der Waals surface area contributed by atoms with Gasteiger partial charge in [0.05, 0.1) is 18.2 Å². The average Bonchev–Trinajstić information content (AvgIpc) is 2.04. The van der Waals surface area contributed by atoms with Crippen molar-refractivity contribution in [2.75, 3.05) is 6.61 Å². The van der Waals surface area contributed by atoms with Crippen LogP contribution in [0, 0.1) is 5.92 Å². The summed E-state index contributed by atoms with van der Waals surface area (Å²) in [5, 5.41) is 3.60. The third-order valence-electron chi connectivity index (χ3n) is 2.24. The van der Waals surface area contributed by atoms with Gasteiger partial charge in [-0.3, -0.25) is 0 Å². The third kappa shape index (κ3) is 2.44. The van der Waals surface area contributed by atoms with Crippen molar-refractivity contribution in [2.24, 2.45) is 11.0 Å². The monoisotopic (exact) mass is 183 g/mol. The first-order chi connectivity index (χ1) is 6.09. The van der Waals surface area contributed by atoms with Crippen molar-refractivity contribution in [3.05, 3.63) is 10.4 Å². The Balaban J connectivity index is 2.73. The maximum Gasteiger partial charge on any atom is 0.125 e. The Hall–Kier alpha value is -1.06. The zero-order chi connectivity index (χ0) is 9.90. The molecule has 0 aromatic carbocycles. The number of rotatable bonds is 2. The summed E-state index contributed by atoms with van der Waals surface area (Å²) in [6.07, 6.45) is 1.40. The second kappa shape index (κ2) is 3.77. The zero-order valence-corrected chi connectivity index (χ0v) is 7.80. The number of hydrogen-bond acceptors (Lipinski definition) is 3. The van der Waals surface area contributed by atoms with Crippen molar-refractivity contribution >= 4 is 6.29 Å². The summed E-state index contributed by atoms with van der Waals surface area (Å²) in [7, 11) is 0. The van der Waals surface area contributed by atoms with Crippen molar-refractivity contribution in [1.82, 2.24) is 0 Å². The van der Waals surface area contributed by atoms with E-state index in [2.05, 4.69) is 10.0 Å². The van der Waals surface area contributed by atoms with E-state index in [4.69, 9.17) is 10.3 Å².